The maximum atomic E-state index is 11.3. The molecule has 0 amide bonds. The van der Waals surface area contributed by atoms with E-state index in [1.807, 2.05) is 30.3 Å². The molecule has 0 unspecified atom stereocenters. The van der Waals surface area contributed by atoms with Gasteiger partial charge in [0.25, 0.3) is 8.32 Å². The smallest absolute Gasteiger partial charge is 0.330 e. The van der Waals surface area contributed by atoms with Crippen molar-refractivity contribution in [3.8, 4) is 5.75 Å². The number of rotatable bonds is 9. The first-order chi connectivity index (χ1) is 10.2. The highest BCUT2D eigenvalue weighted by Crippen LogP contribution is 2.26. The number of carbonyl (C=O) groups excluding carboxylic acids is 1. The van der Waals surface area contributed by atoms with E-state index in [1.165, 1.54) is 6.08 Å². The van der Waals surface area contributed by atoms with E-state index < -0.39 is 8.32 Å². The Morgan fingerprint density at radius 2 is 1.86 bits per heavy atom. The number of esters is 1. The first-order valence-corrected chi connectivity index (χ1v) is 10.2. The van der Waals surface area contributed by atoms with Gasteiger partial charge in [-0.25, -0.2) is 4.79 Å². The minimum absolute atomic E-state index is 0.262. The van der Waals surface area contributed by atoms with Crippen molar-refractivity contribution < 1.29 is 14.0 Å². The maximum Gasteiger partial charge on any atom is 0.330 e. The molecule has 1 aromatic rings. The average molecular weight is 306 g/mol. The largest absolute Gasteiger partial charge is 0.543 e. The van der Waals surface area contributed by atoms with Crippen molar-refractivity contribution in [1.29, 1.82) is 0 Å². The van der Waals surface area contributed by atoms with Crippen molar-refractivity contribution >= 4 is 14.3 Å². The number of allylic oxidation sites excluding steroid dienone is 1. The summed E-state index contributed by atoms with van der Waals surface area (Å²) in [6.45, 7) is 6.67. The summed E-state index contributed by atoms with van der Waals surface area (Å²) < 4.78 is 11.5. The predicted molar refractivity (Wildman–Crippen MR) is 89.0 cm³/mol. The molecule has 21 heavy (non-hydrogen) atoms. The summed E-state index contributed by atoms with van der Waals surface area (Å²) in [5.74, 6) is 0.695. The summed E-state index contributed by atoms with van der Waals surface area (Å²) in [5, 5.41) is 0. The molecule has 0 bridgehead atoms. The average Bonchev–Trinajstić information content (AvgIpc) is 2.52. The number of carbonyl (C=O) groups is 1. The van der Waals surface area contributed by atoms with Crippen molar-refractivity contribution in [3.63, 3.8) is 0 Å². The van der Waals surface area contributed by atoms with Crippen molar-refractivity contribution in [3.05, 3.63) is 42.5 Å². The molecule has 0 fully saturated rings. The Kier molecular flexibility index (Phi) is 7.83. The van der Waals surface area contributed by atoms with Crippen LogP contribution >= 0.6 is 0 Å². The lowest BCUT2D eigenvalue weighted by molar-refractivity contribution is -0.137. The second-order valence-electron chi connectivity index (χ2n) is 5.08. The van der Waals surface area contributed by atoms with Gasteiger partial charge in [0, 0.05) is 6.08 Å². The van der Waals surface area contributed by atoms with E-state index in [1.54, 1.807) is 13.0 Å². The lowest BCUT2D eigenvalue weighted by Crippen LogP contribution is -2.40. The number of para-hydroxylation sites is 1. The van der Waals surface area contributed by atoms with Gasteiger partial charge in [-0.3, -0.25) is 0 Å². The fraction of sp³-hybridized carbons (Fsp3) is 0.471. The highest BCUT2D eigenvalue weighted by atomic mass is 28.4. The highest BCUT2D eigenvalue weighted by Gasteiger charge is 2.32. The Morgan fingerprint density at radius 1 is 1.19 bits per heavy atom. The van der Waals surface area contributed by atoms with Crippen molar-refractivity contribution in [2.24, 2.45) is 0 Å². The maximum absolute atomic E-state index is 11.3. The lowest BCUT2D eigenvalue weighted by Gasteiger charge is -2.30. The number of hydrogen-bond donors (Lipinski definition) is 0. The van der Waals surface area contributed by atoms with Crippen LogP contribution in [0.25, 0.3) is 0 Å². The van der Waals surface area contributed by atoms with E-state index in [-0.39, 0.29) is 5.97 Å². The summed E-state index contributed by atoms with van der Waals surface area (Å²) in [4.78, 5) is 11.3. The van der Waals surface area contributed by atoms with E-state index in [0.29, 0.717) is 6.61 Å². The first kappa shape index (κ1) is 17.5. The van der Waals surface area contributed by atoms with Gasteiger partial charge < -0.3 is 9.16 Å². The van der Waals surface area contributed by atoms with Crippen LogP contribution in [0.2, 0.25) is 18.1 Å². The van der Waals surface area contributed by atoms with Crippen LogP contribution in [0.1, 0.15) is 27.2 Å². The quantitative estimate of drug-likeness (QED) is 0.290. The zero-order valence-electron chi connectivity index (χ0n) is 13.3. The molecule has 3 nitrogen and oxygen atoms in total. The van der Waals surface area contributed by atoms with Gasteiger partial charge in [0.1, 0.15) is 5.75 Å². The van der Waals surface area contributed by atoms with Gasteiger partial charge in [0.15, 0.2) is 0 Å². The molecular formula is C17H26O3Si. The molecule has 0 spiro atoms. The van der Waals surface area contributed by atoms with Crippen LogP contribution in [-0.4, -0.2) is 20.9 Å². The molecule has 0 atom stereocenters. The number of ether oxygens (including phenoxy) is 1. The topological polar surface area (TPSA) is 35.5 Å². The summed E-state index contributed by atoms with van der Waals surface area (Å²) in [6.07, 6.45) is 4.01. The van der Waals surface area contributed by atoms with Crippen LogP contribution in [0.15, 0.2) is 42.5 Å². The Balaban J connectivity index is 2.50. The molecule has 4 heteroatoms. The van der Waals surface area contributed by atoms with Crippen LogP contribution < -0.4 is 4.43 Å². The highest BCUT2D eigenvalue weighted by molar-refractivity contribution is 6.74. The van der Waals surface area contributed by atoms with E-state index in [9.17, 15) is 4.79 Å². The van der Waals surface area contributed by atoms with Crippen LogP contribution in [0.5, 0.6) is 5.75 Å². The Morgan fingerprint density at radius 3 is 2.43 bits per heavy atom. The van der Waals surface area contributed by atoms with Gasteiger partial charge in [-0.15, -0.1) is 0 Å². The zero-order valence-corrected chi connectivity index (χ0v) is 14.3. The Hall–Kier alpha value is -1.55. The van der Waals surface area contributed by atoms with Crippen molar-refractivity contribution in [1.82, 2.24) is 0 Å². The van der Waals surface area contributed by atoms with Crippen LogP contribution in [0, 0.1) is 0 Å². The third-order valence-corrected chi connectivity index (χ3v) is 8.20. The third-order valence-electron chi connectivity index (χ3n) is 3.69. The monoisotopic (exact) mass is 306 g/mol. The van der Waals surface area contributed by atoms with Gasteiger partial charge >= 0.3 is 5.97 Å². The van der Waals surface area contributed by atoms with E-state index >= 15 is 0 Å². The van der Waals surface area contributed by atoms with Crippen molar-refractivity contribution in [2.45, 2.75) is 45.3 Å². The van der Waals surface area contributed by atoms with Crippen LogP contribution in [0.3, 0.4) is 0 Å². The Bertz CT molecular complexity index is 439. The summed E-state index contributed by atoms with van der Waals surface area (Å²) >= 11 is 0. The van der Waals surface area contributed by atoms with Crippen LogP contribution in [-0.2, 0) is 9.53 Å². The van der Waals surface area contributed by atoms with Gasteiger partial charge in [-0.2, -0.15) is 0 Å². The normalized spacial score (nSPS) is 11.6. The summed E-state index contributed by atoms with van der Waals surface area (Å²) in [7, 11) is -1.78. The molecule has 1 aromatic carbocycles. The van der Waals surface area contributed by atoms with Crippen molar-refractivity contribution in [2.75, 3.05) is 6.61 Å². The molecule has 116 valence electrons. The molecule has 0 saturated heterocycles. The first-order valence-electron chi connectivity index (χ1n) is 7.69. The number of hydrogen-bond acceptors (Lipinski definition) is 3. The van der Waals surface area contributed by atoms with E-state index in [4.69, 9.17) is 9.16 Å². The third kappa shape index (κ3) is 6.17. The molecule has 0 heterocycles. The lowest BCUT2D eigenvalue weighted by atomic mass is 10.3. The molecule has 0 N–H and O–H groups in total. The minimum Gasteiger partial charge on any atom is -0.543 e. The molecule has 0 saturated carbocycles. The SMILES string of the molecule is CC=CC(=O)OCCC[Si](CC)(CC)Oc1ccccc1. The van der Waals surface area contributed by atoms with Crippen LogP contribution in [0.4, 0.5) is 0 Å². The van der Waals surface area contributed by atoms with E-state index in [0.717, 1.165) is 30.3 Å². The molecule has 0 aromatic heterocycles. The predicted octanol–water partition coefficient (Wildman–Crippen LogP) is 4.56. The molecule has 0 radical (unpaired) electrons. The van der Waals surface area contributed by atoms with Gasteiger partial charge in [0.2, 0.25) is 0 Å². The number of benzene rings is 1. The minimum atomic E-state index is -1.78. The van der Waals surface area contributed by atoms with Gasteiger partial charge in [-0.05, 0) is 43.6 Å². The second kappa shape index (κ2) is 9.40. The molecular weight excluding hydrogens is 280 g/mol. The Labute approximate surface area is 129 Å². The fourth-order valence-electron chi connectivity index (χ4n) is 2.29. The molecule has 1 rings (SSSR count). The van der Waals surface area contributed by atoms with Gasteiger partial charge in [0.05, 0.1) is 6.61 Å². The van der Waals surface area contributed by atoms with E-state index in [2.05, 4.69) is 13.8 Å². The summed E-state index contributed by atoms with van der Waals surface area (Å²) in [5.41, 5.74) is 0. The van der Waals surface area contributed by atoms with Gasteiger partial charge in [-0.1, -0.05) is 38.1 Å². The molecule has 0 aliphatic heterocycles. The molecule has 0 aliphatic carbocycles. The second-order valence-corrected chi connectivity index (χ2v) is 9.56. The molecule has 0 aliphatic rings. The fourth-order valence-corrected chi connectivity index (χ4v) is 5.31. The zero-order chi connectivity index (χ0) is 15.6. The summed E-state index contributed by atoms with van der Waals surface area (Å²) in [6, 6.07) is 13.2. The standard InChI is InChI=1S/C17H26O3Si/c1-4-11-17(18)19-14-10-15-21(5-2,6-3)20-16-12-8-7-9-13-16/h4,7-9,11-13H,5-6,10,14-15H2,1-3H3.